The van der Waals surface area contributed by atoms with Crippen molar-refractivity contribution in [1.29, 1.82) is 0 Å². The molecule has 0 radical (unpaired) electrons. The number of quaternary nitrogens is 1. The highest BCUT2D eigenvalue weighted by Crippen LogP contribution is 2.11. The lowest BCUT2D eigenvalue weighted by Crippen LogP contribution is -2.44. The highest BCUT2D eigenvalue weighted by Gasteiger charge is 2.22. The van der Waals surface area contributed by atoms with Crippen molar-refractivity contribution < 1.29 is 42.9 Å². The van der Waals surface area contributed by atoms with Gasteiger partial charge in [0.15, 0.2) is 12.4 Å². The van der Waals surface area contributed by atoms with Gasteiger partial charge in [0.2, 0.25) is 0 Å². The molecule has 524 valence electrons. The van der Waals surface area contributed by atoms with Crippen LogP contribution < -0.4 is 5.11 Å². The maximum Gasteiger partial charge on any atom is 0.306 e. The predicted molar refractivity (Wildman–Crippen MR) is 406 cm³/mol. The van der Waals surface area contributed by atoms with Crippen molar-refractivity contribution in [2.75, 3.05) is 47.5 Å². The van der Waals surface area contributed by atoms with Gasteiger partial charge in [0, 0.05) is 12.8 Å². The Morgan fingerprint density at radius 3 is 0.842 bits per heavy atom. The van der Waals surface area contributed by atoms with Gasteiger partial charge in [0.25, 0.3) is 0 Å². The second-order valence-electron chi connectivity index (χ2n) is 23.7. The molecule has 0 aliphatic rings. The van der Waals surface area contributed by atoms with Gasteiger partial charge < -0.3 is 33.3 Å². The monoisotopic (exact) mass is 1300 g/mol. The van der Waals surface area contributed by atoms with E-state index < -0.39 is 30.3 Å². The average Bonchev–Trinajstić information content (AvgIpc) is 2.92. The summed E-state index contributed by atoms with van der Waals surface area (Å²) in [6.45, 7) is 4.38. The molecule has 95 heavy (non-hydrogen) atoms. The highest BCUT2D eigenvalue weighted by molar-refractivity contribution is 5.70. The zero-order valence-corrected chi connectivity index (χ0v) is 59.7. The molecule has 9 nitrogen and oxygen atoms in total. The molecule has 9 heteroatoms. The van der Waals surface area contributed by atoms with E-state index in [9.17, 15) is 19.5 Å². The standard InChI is InChI=1S/C86H127NO8/c1-6-8-10-12-14-16-18-20-22-24-26-28-30-32-34-36-38-39-40-41-42-43-44-45-47-49-51-53-55-57-59-61-63-65-67-69-71-73-75-77-84(89)95-82(81-94-86(85(90)91)92-79-78-87(3,4)5)80-93-83(88)76-74-72-70-68-66-64-62-60-58-56-54-52-50-48-46-37-35-33-31-29-27-25-23-21-19-17-15-13-11-9-7-2/h8-11,14-17,20-23,26-29,32-35,38-39,41-42,44-46,48-49,51-52,54-55,57-58,60-61,63-64,66-67,69,82,86H,6-7,12-13,18-19,24-25,30-31,36-37,40,43,47,50,53,56,59,62,65,68,70-81H2,1-5H3/b10-8-,11-9-,16-14-,17-15-,22-20-,23-21-,28-26-,29-27-,34-32-,35-33-,39-38-,42-41-,45-44-,48-46-,51-49-,54-52-,57-55-,60-58-,63-61-,66-64-,69-67-. The number of carbonyl (C=O) groups is 3. The third-order valence-electron chi connectivity index (χ3n) is 13.8. The lowest BCUT2D eigenvalue weighted by atomic mass is 10.1. The first kappa shape index (κ1) is 87.8. The summed E-state index contributed by atoms with van der Waals surface area (Å²) in [5.74, 6) is -2.43. The molecule has 0 bridgehead atoms. The summed E-state index contributed by atoms with van der Waals surface area (Å²) in [6, 6.07) is 0. The van der Waals surface area contributed by atoms with Crippen LogP contribution in [-0.2, 0) is 33.3 Å². The van der Waals surface area contributed by atoms with Crippen LogP contribution in [0.15, 0.2) is 255 Å². The zero-order valence-electron chi connectivity index (χ0n) is 59.7. The van der Waals surface area contributed by atoms with Crippen LogP contribution in [0.5, 0.6) is 0 Å². The van der Waals surface area contributed by atoms with Crippen LogP contribution >= 0.6 is 0 Å². The van der Waals surface area contributed by atoms with E-state index in [1.807, 2.05) is 21.1 Å². The van der Waals surface area contributed by atoms with Gasteiger partial charge in [0.05, 0.1) is 40.3 Å². The fourth-order valence-electron chi connectivity index (χ4n) is 8.39. The maximum absolute atomic E-state index is 12.9. The normalized spacial score (nSPS) is 14.2. The summed E-state index contributed by atoms with van der Waals surface area (Å²) in [5.41, 5.74) is 0. The Balaban J connectivity index is 4.38. The first-order valence-electron chi connectivity index (χ1n) is 35.8. The third-order valence-corrected chi connectivity index (χ3v) is 13.8. The SMILES string of the molecule is CC/C=C\C/C=C\C/C=C\C/C=C\C/C=C\C/C=C\C/C=C\C/C=C\C/C=C\C/C=C\C/C=C\C/C=C\CCCCC(=O)OC(COC(=O)CCCCC/C=C\C/C=C\C/C=C\C/C=C\C/C=C\C/C=C\C/C=C\C/C=C\C/C=C\CC)COC(OCC[N+](C)(C)C)C(=O)[O-]. The Kier molecular flexibility index (Phi) is 67.2. The fourth-order valence-corrected chi connectivity index (χ4v) is 8.39. The van der Waals surface area contributed by atoms with Gasteiger partial charge >= 0.3 is 11.9 Å². The molecule has 2 unspecified atom stereocenters. The molecule has 0 saturated carbocycles. The number of nitrogens with zero attached hydrogens (tertiary/aromatic N) is 1. The maximum atomic E-state index is 12.9. The van der Waals surface area contributed by atoms with Crippen LogP contribution in [0.25, 0.3) is 0 Å². The number of carboxylic acid groups (broad SMARTS) is 1. The Bertz CT molecular complexity index is 2510. The number of rotatable bonds is 62. The highest BCUT2D eigenvalue weighted by atomic mass is 16.7. The van der Waals surface area contributed by atoms with Gasteiger partial charge in [-0.2, -0.15) is 0 Å². The molecule has 0 spiro atoms. The van der Waals surface area contributed by atoms with Crippen molar-refractivity contribution >= 4 is 17.9 Å². The Labute approximate surface area is 579 Å². The number of esters is 2. The third kappa shape index (κ3) is 74.1. The molecular formula is C86H127NO8. The molecule has 0 aromatic rings. The van der Waals surface area contributed by atoms with E-state index in [1.165, 1.54) is 0 Å². The molecule has 0 saturated heterocycles. The minimum absolute atomic E-state index is 0.117. The van der Waals surface area contributed by atoms with Gasteiger partial charge in [-0.05, 0) is 173 Å². The van der Waals surface area contributed by atoms with Crippen LogP contribution in [0, 0.1) is 0 Å². The number of hydrogen-bond acceptors (Lipinski definition) is 8. The molecule has 0 heterocycles. The minimum atomic E-state index is -1.66. The molecule has 0 aromatic carbocycles. The van der Waals surface area contributed by atoms with Crippen LogP contribution in [0.3, 0.4) is 0 Å². The lowest BCUT2D eigenvalue weighted by Gasteiger charge is -2.26. The lowest BCUT2D eigenvalue weighted by molar-refractivity contribution is -0.870. The molecule has 0 amide bonds. The summed E-state index contributed by atoms with van der Waals surface area (Å²) in [4.78, 5) is 37.5. The topological polar surface area (TPSA) is 111 Å². The Morgan fingerprint density at radius 1 is 0.316 bits per heavy atom. The number of unbranched alkanes of at least 4 members (excludes halogenated alkanes) is 5. The molecule has 0 N–H and O–H groups in total. The van der Waals surface area contributed by atoms with Crippen molar-refractivity contribution in [2.24, 2.45) is 0 Å². The largest absolute Gasteiger partial charge is 0.545 e. The van der Waals surface area contributed by atoms with E-state index in [2.05, 4.69) is 269 Å². The summed E-state index contributed by atoms with van der Waals surface area (Å²) in [6.07, 6.45) is 116. The molecule has 0 aromatic heterocycles. The van der Waals surface area contributed by atoms with Crippen LogP contribution in [0.4, 0.5) is 0 Å². The molecular weight excluding hydrogens is 1170 g/mol. The van der Waals surface area contributed by atoms with Gasteiger partial charge in [-0.15, -0.1) is 0 Å². The summed E-state index contributed by atoms with van der Waals surface area (Å²) >= 11 is 0. The van der Waals surface area contributed by atoms with Crippen molar-refractivity contribution in [3.63, 3.8) is 0 Å². The fraction of sp³-hybridized carbons (Fsp3) is 0.477. The Hall–Kier alpha value is -7.17. The first-order valence-corrected chi connectivity index (χ1v) is 35.8. The molecule has 2 atom stereocenters. The number of ether oxygens (including phenoxy) is 4. The smallest absolute Gasteiger partial charge is 0.306 e. The molecule has 0 fully saturated rings. The quantitative estimate of drug-likeness (QED) is 0.0195. The number of likely N-dealkylation sites (N-methyl/N-ethyl adjacent to an activating group) is 1. The van der Waals surface area contributed by atoms with Crippen LogP contribution in [-0.4, -0.2) is 82.3 Å². The summed E-state index contributed by atoms with van der Waals surface area (Å²) in [5, 5.41) is 11.8. The van der Waals surface area contributed by atoms with E-state index in [0.29, 0.717) is 23.9 Å². The van der Waals surface area contributed by atoms with E-state index in [4.69, 9.17) is 18.9 Å². The van der Waals surface area contributed by atoms with Gasteiger partial charge in [-0.25, -0.2) is 0 Å². The number of hydrogen-bond donors (Lipinski definition) is 0. The number of aliphatic carboxylic acids is 1. The predicted octanol–water partition coefficient (Wildman–Crippen LogP) is 21.7. The van der Waals surface area contributed by atoms with Crippen molar-refractivity contribution in [3.05, 3.63) is 255 Å². The van der Waals surface area contributed by atoms with E-state index in [0.717, 1.165) is 167 Å². The van der Waals surface area contributed by atoms with Crippen molar-refractivity contribution in [2.45, 2.75) is 219 Å². The number of carboxylic acids is 1. The first-order chi connectivity index (χ1) is 46.6. The molecule has 0 rings (SSSR count). The van der Waals surface area contributed by atoms with Gasteiger partial charge in [0.1, 0.15) is 13.2 Å². The second-order valence-corrected chi connectivity index (χ2v) is 23.7. The average molecular weight is 1300 g/mol. The summed E-state index contributed by atoms with van der Waals surface area (Å²) in [7, 11) is 5.88. The molecule has 0 aliphatic carbocycles. The Morgan fingerprint density at radius 2 is 0.568 bits per heavy atom. The number of allylic oxidation sites excluding steroid dienone is 42. The second kappa shape index (κ2) is 72.7. The van der Waals surface area contributed by atoms with Gasteiger partial charge in [-0.1, -0.05) is 275 Å². The van der Waals surface area contributed by atoms with Crippen molar-refractivity contribution in [3.8, 4) is 0 Å². The number of carbonyl (C=O) groups excluding carboxylic acids is 3. The van der Waals surface area contributed by atoms with Crippen molar-refractivity contribution in [1.82, 2.24) is 0 Å². The van der Waals surface area contributed by atoms with Crippen LogP contribution in [0.1, 0.15) is 206 Å². The zero-order chi connectivity index (χ0) is 69.0. The molecule has 0 aliphatic heterocycles. The van der Waals surface area contributed by atoms with E-state index in [1.54, 1.807) is 0 Å². The minimum Gasteiger partial charge on any atom is -0.545 e. The summed E-state index contributed by atoms with van der Waals surface area (Å²) < 4.78 is 22.7. The van der Waals surface area contributed by atoms with Gasteiger partial charge in [-0.3, -0.25) is 9.59 Å². The van der Waals surface area contributed by atoms with Crippen LogP contribution in [0.2, 0.25) is 0 Å². The van der Waals surface area contributed by atoms with E-state index in [-0.39, 0.29) is 32.7 Å². The van der Waals surface area contributed by atoms with E-state index >= 15 is 0 Å².